The van der Waals surface area contributed by atoms with Crippen molar-refractivity contribution in [2.45, 2.75) is 25.7 Å². The van der Waals surface area contributed by atoms with Gasteiger partial charge in [0.1, 0.15) is 6.54 Å². The SMILES string of the molecule is COc1ccc(N(CC(=O)N/N=C\c2cc(C)n(-c3ccccc3Cl)c2C)S(=O)(=O)c2ccc(C)cc2)cc1OC. The van der Waals surface area contributed by atoms with E-state index < -0.39 is 22.5 Å². The van der Waals surface area contributed by atoms with Crippen LogP contribution in [0.25, 0.3) is 5.69 Å². The summed E-state index contributed by atoms with van der Waals surface area (Å²) in [6.45, 7) is 5.21. The van der Waals surface area contributed by atoms with Gasteiger partial charge in [-0.3, -0.25) is 9.10 Å². The first kappa shape index (κ1) is 29.7. The average molecular weight is 595 g/mol. The minimum Gasteiger partial charge on any atom is -0.493 e. The van der Waals surface area contributed by atoms with Crippen molar-refractivity contribution >= 4 is 39.4 Å². The minimum atomic E-state index is -4.12. The van der Waals surface area contributed by atoms with Gasteiger partial charge in [0.2, 0.25) is 0 Å². The summed E-state index contributed by atoms with van der Waals surface area (Å²) in [5.41, 5.74) is 7.01. The van der Waals surface area contributed by atoms with E-state index in [2.05, 4.69) is 10.5 Å². The van der Waals surface area contributed by atoms with Crippen LogP contribution >= 0.6 is 11.6 Å². The Hall–Kier alpha value is -4.28. The van der Waals surface area contributed by atoms with Crippen LogP contribution in [0.2, 0.25) is 5.02 Å². The van der Waals surface area contributed by atoms with Gasteiger partial charge in [0.05, 0.1) is 41.7 Å². The van der Waals surface area contributed by atoms with Crippen LogP contribution in [0.5, 0.6) is 11.5 Å². The molecule has 4 aromatic rings. The van der Waals surface area contributed by atoms with Gasteiger partial charge in [0.15, 0.2) is 11.5 Å². The van der Waals surface area contributed by atoms with Gasteiger partial charge in [-0.1, -0.05) is 41.4 Å². The Balaban J connectivity index is 1.60. The molecule has 11 heteroatoms. The van der Waals surface area contributed by atoms with Crippen molar-refractivity contribution in [2.24, 2.45) is 5.10 Å². The molecule has 3 aromatic carbocycles. The Morgan fingerprint density at radius 3 is 2.32 bits per heavy atom. The van der Waals surface area contributed by atoms with Crippen molar-refractivity contribution in [3.63, 3.8) is 0 Å². The van der Waals surface area contributed by atoms with Crippen LogP contribution in [0.3, 0.4) is 0 Å². The molecule has 214 valence electrons. The van der Waals surface area contributed by atoms with Gasteiger partial charge in [-0.05, 0) is 63.2 Å². The zero-order valence-corrected chi connectivity index (χ0v) is 25.0. The smallest absolute Gasteiger partial charge is 0.264 e. The first-order valence-electron chi connectivity index (χ1n) is 12.6. The molecular formula is C30H31ClN4O5S. The number of anilines is 1. The normalized spacial score (nSPS) is 11.5. The van der Waals surface area contributed by atoms with E-state index in [1.807, 2.05) is 55.7 Å². The van der Waals surface area contributed by atoms with Crippen molar-refractivity contribution in [3.05, 3.63) is 100 Å². The maximum atomic E-state index is 13.7. The third kappa shape index (κ3) is 6.39. The van der Waals surface area contributed by atoms with Crippen molar-refractivity contribution < 1.29 is 22.7 Å². The molecule has 0 aliphatic carbocycles. The summed E-state index contributed by atoms with van der Waals surface area (Å²) >= 11 is 6.40. The number of amides is 1. The Bertz CT molecular complexity index is 1700. The molecule has 0 aliphatic heterocycles. The highest BCUT2D eigenvalue weighted by molar-refractivity contribution is 7.92. The van der Waals surface area contributed by atoms with Crippen molar-refractivity contribution in [3.8, 4) is 17.2 Å². The van der Waals surface area contributed by atoms with Crippen LogP contribution in [-0.4, -0.2) is 45.9 Å². The van der Waals surface area contributed by atoms with Crippen LogP contribution in [0.4, 0.5) is 5.69 Å². The molecule has 0 radical (unpaired) electrons. The van der Waals surface area contributed by atoms with E-state index in [4.69, 9.17) is 21.1 Å². The number of sulfonamides is 1. The maximum absolute atomic E-state index is 13.7. The summed E-state index contributed by atoms with van der Waals surface area (Å²) in [7, 11) is -1.19. The number of carbonyl (C=O) groups excluding carboxylic acids is 1. The molecule has 9 nitrogen and oxygen atoms in total. The minimum absolute atomic E-state index is 0.0428. The number of aryl methyl sites for hydroxylation is 2. The lowest BCUT2D eigenvalue weighted by molar-refractivity contribution is -0.119. The maximum Gasteiger partial charge on any atom is 0.264 e. The van der Waals surface area contributed by atoms with Crippen LogP contribution < -0.4 is 19.2 Å². The van der Waals surface area contributed by atoms with Gasteiger partial charge < -0.3 is 14.0 Å². The second kappa shape index (κ2) is 12.5. The fourth-order valence-electron chi connectivity index (χ4n) is 4.39. The molecular weight excluding hydrogens is 564 g/mol. The summed E-state index contributed by atoms with van der Waals surface area (Å²) in [6, 6.07) is 20.5. The fraction of sp³-hybridized carbons (Fsp3) is 0.200. The highest BCUT2D eigenvalue weighted by Crippen LogP contribution is 2.34. The fourth-order valence-corrected chi connectivity index (χ4v) is 6.03. The molecule has 0 aliphatic rings. The van der Waals surface area contributed by atoms with Crippen molar-refractivity contribution in [1.82, 2.24) is 9.99 Å². The number of ether oxygens (including phenoxy) is 2. The first-order valence-corrected chi connectivity index (χ1v) is 14.5. The molecule has 1 amide bonds. The van der Waals surface area contributed by atoms with Gasteiger partial charge in [0.25, 0.3) is 15.9 Å². The zero-order valence-electron chi connectivity index (χ0n) is 23.4. The third-order valence-electron chi connectivity index (χ3n) is 6.51. The van der Waals surface area contributed by atoms with E-state index in [0.29, 0.717) is 16.5 Å². The molecule has 0 saturated heterocycles. The number of carbonyl (C=O) groups is 1. The average Bonchev–Trinajstić information content (AvgIpc) is 3.24. The molecule has 0 fully saturated rings. The monoisotopic (exact) mass is 594 g/mol. The Labute approximate surface area is 245 Å². The summed E-state index contributed by atoms with van der Waals surface area (Å²) in [6.07, 6.45) is 1.52. The summed E-state index contributed by atoms with van der Waals surface area (Å²) < 4.78 is 41.0. The molecule has 41 heavy (non-hydrogen) atoms. The molecule has 1 heterocycles. The standard InChI is InChI=1S/C30H31ClN4O5S/c1-20-10-13-25(14-11-20)41(37,38)34(24-12-15-28(39-4)29(17-24)40-5)19-30(36)33-32-18-23-16-21(2)35(22(23)3)27-9-7-6-8-26(27)31/h6-18H,19H2,1-5H3,(H,33,36)/b32-18-. The summed E-state index contributed by atoms with van der Waals surface area (Å²) in [4.78, 5) is 13.1. The third-order valence-corrected chi connectivity index (χ3v) is 8.62. The summed E-state index contributed by atoms with van der Waals surface area (Å²) in [5, 5.41) is 4.72. The molecule has 0 unspecified atom stereocenters. The Kier molecular flexibility index (Phi) is 9.05. The number of hydrogen-bond acceptors (Lipinski definition) is 6. The van der Waals surface area contributed by atoms with Crippen LogP contribution in [0, 0.1) is 20.8 Å². The molecule has 0 atom stereocenters. The molecule has 0 saturated carbocycles. The number of methoxy groups -OCH3 is 2. The number of aromatic nitrogens is 1. The van der Waals surface area contributed by atoms with E-state index in [-0.39, 0.29) is 10.6 Å². The molecule has 0 bridgehead atoms. The molecule has 1 aromatic heterocycles. The molecule has 1 N–H and O–H groups in total. The van der Waals surface area contributed by atoms with E-state index in [0.717, 1.165) is 32.5 Å². The number of nitrogens with one attached hydrogen (secondary N) is 1. The Morgan fingerprint density at radius 2 is 1.66 bits per heavy atom. The highest BCUT2D eigenvalue weighted by Gasteiger charge is 2.28. The highest BCUT2D eigenvalue weighted by atomic mass is 35.5. The lowest BCUT2D eigenvalue weighted by Crippen LogP contribution is -2.39. The van der Waals surface area contributed by atoms with E-state index in [1.165, 1.54) is 38.6 Å². The summed E-state index contributed by atoms with van der Waals surface area (Å²) in [5.74, 6) is 0.112. The number of halogens is 1. The van der Waals surface area contributed by atoms with Crippen molar-refractivity contribution in [1.29, 1.82) is 0 Å². The van der Waals surface area contributed by atoms with Gasteiger partial charge in [-0.2, -0.15) is 5.10 Å². The number of hydrazone groups is 1. The lowest BCUT2D eigenvalue weighted by Gasteiger charge is -2.24. The quantitative estimate of drug-likeness (QED) is 0.195. The van der Waals surface area contributed by atoms with Gasteiger partial charge >= 0.3 is 0 Å². The first-order chi connectivity index (χ1) is 19.6. The van der Waals surface area contributed by atoms with Crippen molar-refractivity contribution in [2.75, 3.05) is 25.1 Å². The van der Waals surface area contributed by atoms with Crippen LogP contribution in [-0.2, 0) is 14.8 Å². The molecule has 4 rings (SSSR count). The van der Waals surface area contributed by atoms with Gasteiger partial charge in [-0.25, -0.2) is 13.8 Å². The predicted molar refractivity (Wildman–Crippen MR) is 161 cm³/mol. The topological polar surface area (TPSA) is 102 Å². The molecule has 0 spiro atoms. The van der Waals surface area contributed by atoms with Gasteiger partial charge in [0, 0.05) is 23.0 Å². The van der Waals surface area contributed by atoms with E-state index in [1.54, 1.807) is 24.3 Å². The second-order valence-corrected chi connectivity index (χ2v) is 11.5. The van der Waals surface area contributed by atoms with Crippen LogP contribution in [0.1, 0.15) is 22.5 Å². The second-order valence-electron chi connectivity index (χ2n) is 9.27. The number of hydrogen-bond donors (Lipinski definition) is 1. The Morgan fingerprint density at radius 1 is 0.976 bits per heavy atom. The number of rotatable bonds is 10. The van der Waals surface area contributed by atoms with Crippen LogP contribution in [0.15, 0.2) is 82.8 Å². The van der Waals surface area contributed by atoms with E-state index >= 15 is 0 Å². The largest absolute Gasteiger partial charge is 0.493 e. The van der Waals surface area contributed by atoms with Gasteiger partial charge in [-0.15, -0.1) is 0 Å². The zero-order chi connectivity index (χ0) is 29.7. The number of para-hydroxylation sites is 1. The van der Waals surface area contributed by atoms with E-state index in [9.17, 15) is 13.2 Å². The lowest BCUT2D eigenvalue weighted by atomic mass is 10.2. The number of nitrogens with zero attached hydrogens (tertiary/aromatic N) is 3. The predicted octanol–water partition coefficient (Wildman–Crippen LogP) is 5.42. The number of benzene rings is 3.